The summed E-state index contributed by atoms with van der Waals surface area (Å²) in [6.45, 7) is 4.05. The minimum Gasteiger partial charge on any atom is -0.353 e. The van der Waals surface area contributed by atoms with Gasteiger partial charge in [-0.05, 0) is 38.0 Å². The van der Waals surface area contributed by atoms with E-state index in [4.69, 9.17) is 0 Å². The Labute approximate surface area is 125 Å². The largest absolute Gasteiger partial charge is 0.353 e. The van der Waals surface area contributed by atoms with Crippen molar-refractivity contribution in [2.75, 3.05) is 0 Å². The molecule has 2 rings (SSSR count). The monoisotopic (exact) mass is 286 g/mol. The summed E-state index contributed by atoms with van der Waals surface area (Å²) in [5.41, 5.74) is 3.27. The van der Waals surface area contributed by atoms with Gasteiger partial charge >= 0.3 is 0 Å². The molecule has 5 heteroatoms. The fourth-order valence-corrected chi connectivity index (χ4v) is 2.31. The number of nitrogens with one attached hydrogen (secondary N) is 1. The van der Waals surface area contributed by atoms with Crippen molar-refractivity contribution >= 4 is 5.91 Å². The van der Waals surface area contributed by atoms with Gasteiger partial charge in [0.25, 0.3) is 0 Å². The number of carbonyl (C=O) groups excluding carboxylic acids is 1. The number of nitrogens with zero attached hydrogens (tertiary/aromatic N) is 3. The molecule has 112 valence electrons. The van der Waals surface area contributed by atoms with Gasteiger partial charge in [-0.1, -0.05) is 6.07 Å². The van der Waals surface area contributed by atoms with Crippen molar-refractivity contribution < 1.29 is 4.79 Å². The van der Waals surface area contributed by atoms with Crippen LogP contribution in [0.25, 0.3) is 0 Å². The zero-order valence-corrected chi connectivity index (χ0v) is 12.8. The molecule has 0 bridgehead atoms. The highest BCUT2D eigenvalue weighted by Gasteiger charge is 2.11. The molecule has 2 aromatic heterocycles. The van der Waals surface area contributed by atoms with Gasteiger partial charge in [0.05, 0.1) is 0 Å². The molecule has 0 aliphatic rings. The van der Waals surface area contributed by atoms with Crippen molar-refractivity contribution in [3.05, 3.63) is 47.5 Å². The Bertz CT molecular complexity index is 606. The third kappa shape index (κ3) is 4.41. The predicted molar refractivity (Wildman–Crippen MR) is 81.8 cm³/mol. The van der Waals surface area contributed by atoms with Crippen molar-refractivity contribution in [3.8, 4) is 0 Å². The minimum atomic E-state index is 0.0669. The molecule has 1 amide bonds. The first kappa shape index (κ1) is 15.2. The van der Waals surface area contributed by atoms with Crippen molar-refractivity contribution in [3.63, 3.8) is 0 Å². The van der Waals surface area contributed by atoms with Crippen LogP contribution in [0.2, 0.25) is 0 Å². The summed E-state index contributed by atoms with van der Waals surface area (Å²) in [7, 11) is 1.89. The van der Waals surface area contributed by atoms with Gasteiger partial charge in [0.2, 0.25) is 5.91 Å². The highest BCUT2D eigenvalue weighted by atomic mass is 16.1. The topological polar surface area (TPSA) is 59.8 Å². The lowest BCUT2D eigenvalue weighted by Crippen LogP contribution is -2.34. The van der Waals surface area contributed by atoms with Crippen molar-refractivity contribution in [1.29, 1.82) is 0 Å². The molecule has 21 heavy (non-hydrogen) atoms. The van der Waals surface area contributed by atoms with Crippen LogP contribution in [0, 0.1) is 6.92 Å². The van der Waals surface area contributed by atoms with Gasteiger partial charge in [-0.25, -0.2) is 0 Å². The van der Waals surface area contributed by atoms with Gasteiger partial charge in [-0.2, -0.15) is 5.10 Å². The fourth-order valence-electron chi connectivity index (χ4n) is 2.31. The molecule has 0 saturated heterocycles. The number of carbonyl (C=O) groups is 1. The molecule has 2 heterocycles. The number of aromatic nitrogens is 3. The van der Waals surface area contributed by atoms with Crippen LogP contribution in [-0.4, -0.2) is 26.7 Å². The van der Waals surface area contributed by atoms with Crippen LogP contribution in [0.1, 0.15) is 30.3 Å². The van der Waals surface area contributed by atoms with E-state index in [0.717, 1.165) is 23.4 Å². The van der Waals surface area contributed by atoms with E-state index in [1.165, 1.54) is 0 Å². The normalized spacial score (nSPS) is 12.1. The number of hydrogen-bond acceptors (Lipinski definition) is 3. The van der Waals surface area contributed by atoms with Gasteiger partial charge in [-0.3, -0.25) is 14.5 Å². The SMILES string of the molecule is Cc1cccnc1C[C@H](C)NC(=O)CCc1ccnn1C. The Morgan fingerprint density at radius 1 is 1.38 bits per heavy atom. The molecule has 0 fully saturated rings. The smallest absolute Gasteiger partial charge is 0.220 e. The average molecular weight is 286 g/mol. The van der Waals surface area contributed by atoms with Gasteiger partial charge in [0.1, 0.15) is 0 Å². The van der Waals surface area contributed by atoms with E-state index in [2.05, 4.69) is 15.4 Å². The maximum Gasteiger partial charge on any atom is 0.220 e. The molecule has 0 spiro atoms. The summed E-state index contributed by atoms with van der Waals surface area (Å²) in [6.07, 6.45) is 5.48. The number of amides is 1. The maximum atomic E-state index is 12.0. The van der Waals surface area contributed by atoms with Crippen LogP contribution in [0.4, 0.5) is 0 Å². The fraction of sp³-hybridized carbons (Fsp3) is 0.438. The van der Waals surface area contributed by atoms with Gasteiger partial charge in [0, 0.05) is 49.7 Å². The lowest BCUT2D eigenvalue weighted by Gasteiger charge is -2.14. The zero-order chi connectivity index (χ0) is 15.2. The summed E-state index contributed by atoms with van der Waals surface area (Å²) in [4.78, 5) is 16.3. The van der Waals surface area contributed by atoms with E-state index in [9.17, 15) is 4.79 Å². The molecular formula is C16H22N4O. The molecule has 2 aromatic rings. The molecule has 0 saturated carbocycles. The van der Waals surface area contributed by atoms with Crippen LogP contribution < -0.4 is 5.32 Å². The van der Waals surface area contributed by atoms with Gasteiger partial charge in [0.15, 0.2) is 0 Å². The molecule has 0 aliphatic heterocycles. The van der Waals surface area contributed by atoms with E-state index in [1.807, 2.05) is 39.1 Å². The first-order valence-electron chi connectivity index (χ1n) is 7.23. The first-order chi connectivity index (χ1) is 10.1. The van der Waals surface area contributed by atoms with Crippen LogP contribution >= 0.6 is 0 Å². The molecule has 0 unspecified atom stereocenters. The average Bonchev–Trinajstić information content (AvgIpc) is 2.84. The van der Waals surface area contributed by atoms with Crippen molar-refractivity contribution in [2.24, 2.45) is 7.05 Å². The second kappa shape index (κ2) is 7.02. The van der Waals surface area contributed by atoms with E-state index in [-0.39, 0.29) is 11.9 Å². The highest BCUT2D eigenvalue weighted by Crippen LogP contribution is 2.07. The molecule has 1 N–H and O–H groups in total. The van der Waals surface area contributed by atoms with E-state index < -0.39 is 0 Å². The summed E-state index contributed by atoms with van der Waals surface area (Å²) in [5.74, 6) is 0.0669. The van der Waals surface area contributed by atoms with Crippen molar-refractivity contribution in [1.82, 2.24) is 20.1 Å². The summed E-state index contributed by atoms with van der Waals surface area (Å²) in [6, 6.07) is 5.99. The molecule has 0 aliphatic carbocycles. The van der Waals surface area contributed by atoms with Crippen LogP contribution in [-0.2, 0) is 24.7 Å². The maximum absolute atomic E-state index is 12.0. The van der Waals surface area contributed by atoms with E-state index in [1.54, 1.807) is 17.1 Å². The van der Waals surface area contributed by atoms with Crippen LogP contribution in [0.15, 0.2) is 30.6 Å². The highest BCUT2D eigenvalue weighted by molar-refractivity contribution is 5.76. The molecule has 0 aromatic carbocycles. The number of aryl methyl sites for hydroxylation is 3. The number of hydrogen-bond donors (Lipinski definition) is 1. The van der Waals surface area contributed by atoms with E-state index in [0.29, 0.717) is 12.8 Å². The Kier molecular flexibility index (Phi) is 5.09. The Morgan fingerprint density at radius 2 is 2.19 bits per heavy atom. The molecule has 0 radical (unpaired) electrons. The number of rotatable bonds is 6. The Hall–Kier alpha value is -2.17. The lowest BCUT2D eigenvalue weighted by atomic mass is 10.1. The summed E-state index contributed by atoms with van der Waals surface area (Å²) >= 11 is 0. The molecular weight excluding hydrogens is 264 g/mol. The number of pyridine rings is 1. The minimum absolute atomic E-state index is 0.0669. The van der Waals surface area contributed by atoms with E-state index >= 15 is 0 Å². The van der Waals surface area contributed by atoms with Crippen LogP contribution in [0.3, 0.4) is 0 Å². The third-order valence-electron chi connectivity index (χ3n) is 3.56. The predicted octanol–water partition coefficient (Wildman–Crippen LogP) is 1.80. The van der Waals surface area contributed by atoms with Gasteiger partial charge < -0.3 is 5.32 Å². The quantitative estimate of drug-likeness (QED) is 0.881. The Morgan fingerprint density at radius 3 is 2.86 bits per heavy atom. The summed E-state index contributed by atoms with van der Waals surface area (Å²) in [5, 5.41) is 7.13. The summed E-state index contributed by atoms with van der Waals surface area (Å²) < 4.78 is 1.80. The Balaban J connectivity index is 1.80. The lowest BCUT2D eigenvalue weighted by molar-refractivity contribution is -0.121. The van der Waals surface area contributed by atoms with Crippen molar-refractivity contribution in [2.45, 2.75) is 39.2 Å². The third-order valence-corrected chi connectivity index (χ3v) is 3.56. The van der Waals surface area contributed by atoms with Gasteiger partial charge in [-0.15, -0.1) is 0 Å². The standard InChI is InChI=1S/C16H22N4O/c1-12-5-4-9-17-15(12)11-13(2)19-16(21)7-6-14-8-10-18-20(14)3/h4-5,8-10,13H,6-7,11H2,1-3H3,(H,19,21)/t13-/m0/s1. The molecule has 5 nitrogen and oxygen atoms in total. The second-order valence-electron chi connectivity index (χ2n) is 5.39. The molecule has 1 atom stereocenters. The zero-order valence-electron chi connectivity index (χ0n) is 12.8. The second-order valence-corrected chi connectivity index (χ2v) is 5.39. The van der Waals surface area contributed by atoms with Crippen LogP contribution in [0.5, 0.6) is 0 Å². The first-order valence-corrected chi connectivity index (χ1v) is 7.23.